The molecule has 0 aliphatic heterocycles. The van der Waals surface area contributed by atoms with Crippen LogP contribution >= 0.6 is 24.8 Å². The number of aliphatic hydroxyl groups excluding tert-OH is 2. The van der Waals surface area contributed by atoms with Crippen molar-refractivity contribution in [3.63, 3.8) is 0 Å². The third-order valence-electron chi connectivity index (χ3n) is 8.70. The summed E-state index contributed by atoms with van der Waals surface area (Å²) in [4.78, 5) is 55.6. The van der Waals surface area contributed by atoms with Crippen LogP contribution in [0.1, 0.15) is 48.5 Å². The molecule has 250 valence electrons. The summed E-state index contributed by atoms with van der Waals surface area (Å²) in [5.41, 5.74) is 2.38. The Kier molecular flexibility index (Phi) is 12.1. The monoisotopic (exact) mass is 671 g/mol. The molecule has 4 rings (SSSR count). The first-order valence-corrected chi connectivity index (χ1v) is 14.4. The van der Waals surface area contributed by atoms with Crippen LogP contribution in [0.15, 0.2) is 28.7 Å². The molecule has 8 N–H and O–H groups in total. The Morgan fingerprint density at radius 2 is 1.73 bits per heavy atom. The average Bonchev–Trinajstić information content (AvgIpc) is 2.91. The van der Waals surface area contributed by atoms with Gasteiger partial charge >= 0.3 is 0 Å². The van der Waals surface area contributed by atoms with Crippen molar-refractivity contribution in [2.45, 2.75) is 50.7 Å². The predicted molar refractivity (Wildman–Crippen MR) is 174 cm³/mol. The third kappa shape index (κ3) is 6.36. The largest absolute Gasteiger partial charge is 0.510 e. The van der Waals surface area contributed by atoms with Crippen LogP contribution in [-0.4, -0.2) is 102 Å². The Morgan fingerprint density at radius 1 is 1.09 bits per heavy atom. The molecule has 1 aromatic carbocycles. The molecular formula is C30H43Cl2N5O8. The second-order valence-corrected chi connectivity index (χ2v) is 11.9. The fraction of sp³-hybridized carbons (Fsp3) is 0.533. The molecule has 3 aliphatic rings. The van der Waals surface area contributed by atoms with E-state index in [2.05, 4.69) is 17.6 Å². The second-order valence-electron chi connectivity index (χ2n) is 11.9. The van der Waals surface area contributed by atoms with Gasteiger partial charge in [0.15, 0.2) is 17.1 Å². The zero-order valence-electron chi connectivity index (χ0n) is 26.0. The summed E-state index contributed by atoms with van der Waals surface area (Å²) < 4.78 is 0. The van der Waals surface area contributed by atoms with E-state index in [9.17, 15) is 39.6 Å². The van der Waals surface area contributed by atoms with E-state index < -0.39 is 69.7 Å². The molecule has 0 bridgehead atoms. The lowest BCUT2D eigenvalue weighted by Gasteiger charge is -2.50. The number of hydrogen-bond donors (Lipinski definition) is 7. The molecule has 2 amide bonds. The normalized spacial score (nSPS) is 23.8. The van der Waals surface area contributed by atoms with Gasteiger partial charge in [0.1, 0.15) is 17.1 Å². The molecule has 0 fully saturated rings. The number of anilines is 2. The predicted octanol–water partition coefficient (Wildman–Crippen LogP) is 1.75. The van der Waals surface area contributed by atoms with Crippen molar-refractivity contribution in [1.82, 2.24) is 10.2 Å². The van der Waals surface area contributed by atoms with E-state index in [4.69, 9.17) is 5.73 Å². The van der Waals surface area contributed by atoms with Crippen molar-refractivity contribution >= 4 is 59.6 Å². The van der Waals surface area contributed by atoms with Gasteiger partial charge in [0.2, 0.25) is 11.7 Å². The molecule has 0 radical (unpaired) electrons. The molecule has 45 heavy (non-hydrogen) atoms. The number of amides is 2. The number of phenols is 1. The van der Waals surface area contributed by atoms with Crippen molar-refractivity contribution in [2.75, 3.05) is 51.5 Å². The number of likely N-dealkylation sites (N-methyl/N-ethyl adjacent to an activating group) is 1. The van der Waals surface area contributed by atoms with Gasteiger partial charge in [-0.15, -0.1) is 24.8 Å². The van der Waals surface area contributed by atoms with Gasteiger partial charge < -0.3 is 41.7 Å². The minimum Gasteiger partial charge on any atom is -0.510 e. The Hall–Kier alpha value is -3.36. The van der Waals surface area contributed by atoms with Crippen molar-refractivity contribution in [3.8, 4) is 5.75 Å². The van der Waals surface area contributed by atoms with Crippen LogP contribution in [0.25, 0.3) is 0 Å². The average molecular weight is 673 g/mol. The first-order valence-electron chi connectivity index (χ1n) is 14.4. The van der Waals surface area contributed by atoms with Crippen LogP contribution in [0, 0.1) is 11.8 Å². The highest BCUT2D eigenvalue weighted by atomic mass is 35.5. The lowest BCUT2D eigenvalue weighted by molar-refractivity contribution is -0.148. The summed E-state index contributed by atoms with van der Waals surface area (Å²) >= 11 is 0. The number of nitrogens with zero attached hydrogens (tertiary/aromatic N) is 2. The lowest BCUT2D eigenvalue weighted by atomic mass is 9.58. The first kappa shape index (κ1) is 37.8. The lowest BCUT2D eigenvalue weighted by Crippen LogP contribution is -2.63. The number of aromatic hydroxyl groups is 1. The van der Waals surface area contributed by atoms with E-state index in [0.29, 0.717) is 17.8 Å². The number of rotatable bonds is 10. The van der Waals surface area contributed by atoms with E-state index in [-0.39, 0.29) is 61.0 Å². The fourth-order valence-electron chi connectivity index (χ4n) is 6.69. The molecule has 0 aromatic heterocycles. The smallest absolute Gasteiger partial charge is 0.255 e. The minimum atomic E-state index is -2.72. The number of ketones is 2. The van der Waals surface area contributed by atoms with E-state index in [1.54, 1.807) is 39.2 Å². The van der Waals surface area contributed by atoms with Gasteiger partial charge in [-0.25, -0.2) is 0 Å². The number of phenolic OH excluding ortho intramolecular Hbond substituents is 1. The van der Waals surface area contributed by atoms with E-state index in [1.165, 1.54) is 4.90 Å². The van der Waals surface area contributed by atoms with Crippen LogP contribution in [-0.2, 0) is 20.8 Å². The van der Waals surface area contributed by atoms with Gasteiger partial charge in [-0.1, -0.05) is 19.8 Å². The molecule has 0 heterocycles. The molecule has 15 heteroatoms. The number of unbranched alkanes of at least 4 members (excludes halogenated alkanes) is 2. The maximum atomic E-state index is 14.1. The van der Waals surface area contributed by atoms with Crippen LogP contribution in [0.2, 0.25) is 0 Å². The number of nitrogens with one attached hydrogen (secondary N) is 2. The van der Waals surface area contributed by atoms with Gasteiger partial charge in [0.05, 0.1) is 23.8 Å². The third-order valence-corrected chi connectivity index (χ3v) is 8.70. The number of allylic oxidation sites excluding steroid dienone is 1. The minimum absolute atomic E-state index is 0. The molecule has 0 saturated heterocycles. The number of halogens is 2. The Bertz CT molecular complexity index is 1440. The molecule has 4 atom stereocenters. The number of carbonyl (C=O) groups excluding carboxylic acids is 4. The summed E-state index contributed by atoms with van der Waals surface area (Å²) in [6, 6.07) is 0.505. The Labute approximate surface area is 274 Å². The standard InChI is InChI=1S/C30H41N5O8.2ClH/c1-6-7-8-9-32-13-19(36)33-17-12-18(34(2)3)15-10-14-11-16-23(35(4)5)26(39)22(29(31)42)28(41)30(16,43)27(40)20(14)25(38)21(15)24(17)37;;/h12,14,16,23,32,37,39-40,43H,6-11,13H2,1-5H3,(H2,31,42)(H,33,36);2*1H/t14?,16?,23-,30?;;/m0../s1. The summed E-state index contributed by atoms with van der Waals surface area (Å²) in [5, 5.41) is 51.1. The Balaban J connectivity index is 0.00000353. The summed E-state index contributed by atoms with van der Waals surface area (Å²) in [6.45, 7) is 2.72. The highest BCUT2D eigenvalue weighted by Gasteiger charge is 2.63. The van der Waals surface area contributed by atoms with E-state index >= 15 is 0 Å². The van der Waals surface area contributed by atoms with Crippen LogP contribution < -0.4 is 21.3 Å². The highest BCUT2D eigenvalue weighted by molar-refractivity contribution is 6.25. The zero-order valence-corrected chi connectivity index (χ0v) is 27.6. The number of carbonyl (C=O) groups is 4. The zero-order chi connectivity index (χ0) is 32.0. The number of hydrogen-bond acceptors (Lipinski definition) is 11. The number of benzene rings is 1. The van der Waals surface area contributed by atoms with Crippen LogP contribution in [0.3, 0.4) is 0 Å². The molecule has 1 aromatic rings. The quantitative estimate of drug-likeness (QED) is 0.108. The second kappa shape index (κ2) is 14.4. The van der Waals surface area contributed by atoms with Crippen molar-refractivity contribution in [2.24, 2.45) is 17.6 Å². The summed E-state index contributed by atoms with van der Waals surface area (Å²) in [7, 11) is 6.64. The maximum absolute atomic E-state index is 14.1. The maximum Gasteiger partial charge on any atom is 0.255 e. The van der Waals surface area contributed by atoms with Crippen molar-refractivity contribution in [1.29, 1.82) is 0 Å². The van der Waals surface area contributed by atoms with Gasteiger partial charge in [0.25, 0.3) is 5.91 Å². The molecular weight excluding hydrogens is 629 g/mol. The number of Topliss-reactive ketones (excluding diaryl/α,β-unsaturated/α-hetero) is 2. The number of fused-ring (bicyclic) bond motifs is 3. The van der Waals surface area contributed by atoms with Gasteiger partial charge in [-0.05, 0) is 57.5 Å². The first-order chi connectivity index (χ1) is 20.2. The van der Waals surface area contributed by atoms with Crippen LogP contribution in [0.5, 0.6) is 5.75 Å². The molecule has 3 aliphatic carbocycles. The van der Waals surface area contributed by atoms with Crippen LogP contribution in [0.4, 0.5) is 11.4 Å². The van der Waals surface area contributed by atoms with E-state index in [1.807, 2.05) is 0 Å². The highest BCUT2D eigenvalue weighted by Crippen LogP contribution is 2.53. The summed E-state index contributed by atoms with van der Waals surface area (Å²) in [6.07, 6.45) is 3.11. The topological polar surface area (TPSA) is 206 Å². The molecule has 13 nitrogen and oxygen atoms in total. The molecule has 0 saturated carbocycles. The summed E-state index contributed by atoms with van der Waals surface area (Å²) in [5.74, 6) is -7.71. The number of aliphatic hydroxyl groups is 3. The van der Waals surface area contributed by atoms with Gasteiger partial charge in [-0.3, -0.25) is 24.1 Å². The van der Waals surface area contributed by atoms with Crippen molar-refractivity contribution < 1.29 is 39.6 Å². The Morgan fingerprint density at radius 3 is 2.29 bits per heavy atom. The van der Waals surface area contributed by atoms with Gasteiger partial charge in [0, 0.05) is 31.3 Å². The fourth-order valence-corrected chi connectivity index (χ4v) is 6.69. The van der Waals surface area contributed by atoms with Crippen molar-refractivity contribution in [3.05, 3.63) is 39.9 Å². The van der Waals surface area contributed by atoms with Gasteiger partial charge in [-0.2, -0.15) is 0 Å². The number of nitrogens with two attached hydrogens (primary N) is 1. The SMILES string of the molecule is CCCCCNCC(=O)Nc1cc(N(C)C)c2c(c1O)C(=O)C1=C(O)C3(O)C(=O)C(C(N)=O)=C(O)[C@@H](N(C)C)C3CC1C2.Cl.Cl. The van der Waals surface area contributed by atoms with E-state index in [0.717, 1.165) is 19.3 Å². The number of primary amides is 1. The molecule has 0 spiro atoms. The molecule has 3 unspecified atom stereocenters.